The molecule has 1 fully saturated rings. The van der Waals surface area contributed by atoms with Gasteiger partial charge in [-0.3, -0.25) is 0 Å². The van der Waals surface area contributed by atoms with Gasteiger partial charge in [0.1, 0.15) is 0 Å². The number of aromatic nitrogens is 2. The van der Waals surface area contributed by atoms with E-state index in [4.69, 9.17) is 5.11 Å². The zero-order valence-electron chi connectivity index (χ0n) is 11.2. The van der Waals surface area contributed by atoms with E-state index in [2.05, 4.69) is 33.7 Å². The maximum Gasteiger partial charge on any atom is 0.328 e. The predicted molar refractivity (Wildman–Crippen MR) is 73.0 cm³/mol. The van der Waals surface area contributed by atoms with Gasteiger partial charge >= 0.3 is 5.97 Å². The average Bonchev–Trinajstić information content (AvgIpc) is 2.40. The molecule has 19 heavy (non-hydrogen) atoms. The Morgan fingerprint density at radius 1 is 1.42 bits per heavy atom. The van der Waals surface area contributed by atoms with Crippen LogP contribution in [0.2, 0.25) is 0 Å². The van der Waals surface area contributed by atoms with Crippen LogP contribution < -0.4 is 4.90 Å². The van der Waals surface area contributed by atoms with Crippen molar-refractivity contribution >= 4 is 18.0 Å². The van der Waals surface area contributed by atoms with Crippen molar-refractivity contribution in [2.45, 2.75) is 13.0 Å². The topological polar surface area (TPSA) is 69.6 Å². The molecule has 0 aromatic carbocycles. The Bertz CT molecular complexity index is 472. The van der Waals surface area contributed by atoms with Gasteiger partial charge in [-0.15, -0.1) is 0 Å². The van der Waals surface area contributed by atoms with Gasteiger partial charge in [0.25, 0.3) is 0 Å². The fourth-order valence-corrected chi connectivity index (χ4v) is 1.98. The highest BCUT2D eigenvalue weighted by molar-refractivity contribution is 5.85. The Kier molecular flexibility index (Phi) is 4.11. The van der Waals surface area contributed by atoms with Crippen molar-refractivity contribution < 1.29 is 9.90 Å². The zero-order chi connectivity index (χ0) is 13.8. The molecule has 1 aromatic rings. The number of rotatable bonds is 3. The quantitative estimate of drug-likeness (QED) is 0.809. The van der Waals surface area contributed by atoms with Crippen LogP contribution >= 0.6 is 0 Å². The molecule has 1 atom stereocenters. The van der Waals surface area contributed by atoms with E-state index in [0.29, 0.717) is 17.6 Å². The SMILES string of the molecule is CC1CN(c2ncc(/C=C/C(=O)O)cn2)CCN1C. The molecule has 6 nitrogen and oxygen atoms in total. The summed E-state index contributed by atoms with van der Waals surface area (Å²) in [5.41, 5.74) is 0.688. The minimum Gasteiger partial charge on any atom is -0.478 e. The highest BCUT2D eigenvalue weighted by Gasteiger charge is 2.22. The molecule has 1 unspecified atom stereocenters. The molecule has 0 saturated carbocycles. The van der Waals surface area contributed by atoms with Crippen LogP contribution in [0.25, 0.3) is 6.08 Å². The molecule has 1 aliphatic heterocycles. The van der Waals surface area contributed by atoms with Gasteiger partial charge in [-0.2, -0.15) is 0 Å². The molecular weight excluding hydrogens is 244 g/mol. The number of hydrogen-bond donors (Lipinski definition) is 1. The molecule has 1 N–H and O–H groups in total. The van der Waals surface area contributed by atoms with E-state index in [-0.39, 0.29) is 0 Å². The summed E-state index contributed by atoms with van der Waals surface area (Å²) in [5.74, 6) is -0.274. The normalized spacial score (nSPS) is 20.9. The Balaban J connectivity index is 2.04. The number of carboxylic acid groups (broad SMARTS) is 1. The van der Waals surface area contributed by atoms with Gasteiger partial charge in [-0.05, 0) is 20.0 Å². The maximum atomic E-state index is 10.4. The third-order valence-electron chi connectivity index (χ3n) is 3.32. The van der Waals surface area contributed by atoms with Crippen molar-refractivity contribution in [1.82, 2.24) is 14.9 Å². The summed E-state index contributed by atoms with van der Waals surface area (Å²) in [7, 11) is 2.11. The Morgan fingerprint density at radius 3 is 2.68 bits per heavy atom. The summed E-state index contributed by atoms with van der Waals surface area (Å²) in [6, 6.07) is 0.476. The number of anilines is 1. The van der Waals surface area contributed by atoms with Gasteiger partial charge in [0.2, 0.25) is 5.95 Å². The molecule has 2 rings (SSSR count). The van der Waals surface area contributed by atoms with Crippen molar-refractivity contribution in [2.24, 2.45) is 0 Å². The van der Waals surface area contributed by atoms with E-state index in [9.17, 15) is 4.79 Å². The lowest BCUT2D eigenvalue weighted by Gasteiger charge is -2.37. The summed E-state index contributed by atoms with van der Waals surface area (Å²) < 4.78 is 0. The Labute approximate surface area is 112 Å². The van der Waals surface area contributed by atoms with Crippen LogP contribution in [-0.4, -0.2) is 58.7 Å². The van der Waals surface area contributed by atoms with E-state index in [1.165, 1.54) is 6.08 Å². The fourth-order valence-electron chi connectivity index (χ4n) is 1.98. The number of carbonyl (C=O) groups is 1. The van der Waals surface area contributed by atoms with Gasteiger partial charge in [-0.25, -0.2) is 14.8 Å². The largest absolute Gasteiger partial charge is 0.478 e. The molecule has 0 radical (unpaired) electrons. The highest BCUT2D eigenvalue weighted by Crippen LogP contribution is 2.14. The van der Waals surface area contributed by atoms with Crippen LogP contribution in [0.4, 0.5) is 5.95 Å². The first-order valence-corrected chi connectivity index (χ1v) is 6.24. The lowest BCUT2D eigenvalue weighted by molar-refractivity contribution is -0.131. The maximum absolute atomic E-state index is 10.4. The van der Waals surface area contributed by atoms with Crippen LogP contribution in [0.3, 0.4) is 0 Å². The second-order valence-corrected chi connectivity index (χ2v) is 4.76. The number of likely N-dealkylation sites (N-methyl/N-ethyl adjacent to an activating group) is 1. The molecule has 0 aliphatic carbocycles. The van der Waals surface area contributed by atoms with E-state index < -0.39 is 5.97 Å². The average molecular weight is 262 g/mol. The number of hydrogen-bond acceptors (Lipinski definition) is 5. The minimum atomic E-state index is -0.975. The summed E-state index contributed by atoms with van der Waals surface area (Å²) in [6.45, 7) is 4.98. The van der Waals surface area contributed by atoms with Crippen LogP contribution in [0.1, 0.15) is 12.5 Å². The van der Waals surface area contributed by atoms with E-state index in [0.717, 1.165) is 25.7 Å². The monoisotopic (exact) mass is 262 g/mol. The molecular formula is C13H18N4O2. The first-order valence-electron chi connectivity index (χ1n) is 6.24. The van der Waals surface area contributed by atoms with Gasteiger partial charge in [0.05, 0.1) is 0 Å². The van der Waals surface area contributed by atoms with Crippen LogP contribution in [0.5, 0.6) is 0 Å². The number of aliphatic carboxylic acids is 1. The zero-order valence-corrected chi connectivity index (χ0v) is 11.2. The van der Waals surface area contributed by atoms with Crippen molar-refractivity contribution in [3.8, 4) is 0 Å². The third-order valence-corrected chi connectivity index (χ3v) is 3.32. The molecule has 0 spiro atoms. The number of piperazine rings is 1. The van der Waals surface area contributed by atoms with E-state index in [1.54, 1.807) is 12.4 Å². The Hall–Kier alpha value is -1.95. The predicted octanol–water partition coefficient (Wildman–Crippen LogP) is 0.715. The summed E-state index contributed by atoms with van der Waals surface area (Å²) >= 11 is 0. The second kappa shape index (κ2) is 5.79. The molecule has 0 amide bonds. The van der Waals surface area contributed by atoms with Gasteiger partial charge in [-0.1, -0.05) is 0 Å². The number of carboxylic acids is 1. The minimum absolute atomic E-state index is 0.476. The van der Waals surface area contributed by atoms with Gasteiger partial charge in [0, 0.05) is 49.7 Å². The molecule has 1 aromatic heterocycles. The van der Waals surface area contributed by atoms with Crippen molar-refractivity contribution in [1.29, 1.82) is 0 Å². The molecule has 2 heterocycles. The van der Waals surface area contributed by atoms with Crippen LogP contribution in [0, 0.1) is 0 Å². The molecule has 102 valence electrons. The standard InChI is InChI=1S/C13H18N4O2/c1-10-9-17(6-5-16(10)2)13-14-7-11(8-15-13)3-4-12(18)19/h3-4,7-8,10H,5-6,9H2,1-2H3,(H,18,19)/b4-3+. The van der Waals surface area contributed by atoms with Crippen LogP contribution in [0.15, 0.2) is 18.5 Å². The third kappa shape index (κ3) is 3.51. The van der Waals surface area contributed by atoms with Crippen molar-refractivity contribution in [2.75, 3.05) is 31.6 Å². The molecule has 1 saturated heterocycles. The van der Waals surface area contributed by atoms with E-state index >= 15 is 0 Å². The van der Waals surface area contributed by atoms with Crippen LogP contribution in [-0.2, 0) is 4.79 Å². The van der Waals surface area contributed by atoms with Crippen molar-refractivity contribution in [3.05, 3.63) is 24.0 Å². The van der Waals surface area contributed by atoms with E-state index in [1.807, 2.05) is 0 Å². The smallest absolute Gasteiger partial charge is 0.328 e. The lowest BCUT2D eigenvalue weighted by Crippen LogP contribution is -2.50. The van der Waals surface area contributed by atoms with Crippen molar-refractivity contribution in [3.63, 3.8) is 0 Å². The summed E-state index contributed by atoms with van der Waals surface area (Å²) in [4.78, 5) is 23.5. The second-order valence-electron chi connectivity index (χ2n) is 4.76. The van der Waals surface area contributed by atoms with Gasteiger partial charge in [0.15, 0.2) is 0 Å². The Morgan fingerprint density at radius 2 is 2.11 bits per heavy atom. The summed E-state index contributed by atoms with van der Waals surface area (Å²) in [6.07, 6.45) is 5.85. The molecule has 0 bridgehead atoms. The molecule has 1 aliphatic rings. The highest BCUT2D eigenvalue weighted by atomic mass is 16.4. The fraction of sp³-hybridized carbons (Fsp3) is 0.462. The summed E-state index contributed by atoms with van der Waals surface area (Å²) in [5, 5.41) is 8.55. The first-order chi connectivity index (χ1) is 9.06. The van der Waals surface area contributed by atoms with Gasteiger partial charge < -0.3 is 14.9 Å². The number of nitrogens with zero attached hydrogens (tertiary/aromatic N) is 4. The lowest BCUT2D eigenvalue weighted by atomic mass is 10.2. The molecule has 6 heteroatoms. The first kappa shape index (κ1) is 13.5.